The first-order valence-corrected chi connectivity index (χ1v) is 12.1. The summed E-state index contributed by atoms with van der Waals surface area (Å²) in [6, 6.07) is 24.5. The molecular weight excluding hydrogens is 507 g/mol. The molecule has 0 atom stereocenters. The molecule has 180 valence electrons. The number of nitrogens with zero attached hydrogens (tertiary/aromatic N) is 3. The number of benzene rings is 3. The Morgan fingerprint density at radius 1 is 0.838 bits per heavy atom. The van der Waals surface area contributed by atoms with Gasteiger partial charge in [-0.05, 0) is 60.2 Å². The van der Waals surface area contributed by atoms with Crippen molar-refractivity contribution < 1.29 is 0 Å². The van der Waals surface area contributed by atoms with Crippen LogP contribution in [0.3, 0.4) is 0 Å². The van der Waals surface area contributed by atoms with E-state index in [1.165, 1.54) is 0 Å². The Hall–Kier alpha value is -4.46. The number of halogens is 2. The van der Waals surface area contributed by atoms with Crippen molar-refractivity contribution in [3.63, 3.8) is 0 Å². The van der Waals surface area contributed by atoms with Gasteiger partial charge in [-0.15, -0.1) is 0 Å². The summed E-state index contributed by atoms with van der Waals surface area (Å²) < 4.78 is 0. The Kier molecular flexibility index (Phi) is 5.71. The number of hydrogen-bond donors (Lipinski definition) is 3. The van der Waals surface area contributed by atoms with Gasteiger partial charge in [0.1, 0.15) is 0 Å². The minimum absolute atomic E-state index is 0.00397. The standard InChI is InChI=1S/C28H18Cl2N6O/c29-17-6-4-15(5-7-17)21-14-23(34-26-25(21)27(37)36-28(31)35-26)16-2-1-3-19(12-16)33-22-10-11-32-24-13-18(30)8-9-20(22)24/h1-14H,(H,32,33)(H3,31,34,35,36,37). The lowest BCUT2D eigenvalue weighted by atomic mass is 10.00. The molecule has 0 aliphatic heterocycles. The van der Waals surface area contributed by atoms with Crippen LogP contribution >= 0.6 is 23.2 Å². The highest BCUT2D eigenvalue weighted by atomic mass is 35.5. The molecule has 0 amide bonds. The number of aromatic amines is 1. The van der Waals surface area contributed by atoms with Crippen molar-refractivity contribution in [3.05, 3.63) is 105 Å². The van der Waals surface area contributed by atoms with Gasteiger partial charge < -0.3 is 11.1 Å². The second kappa shape index (κ2) is 9.20. The third-order valence-corrected chi connectivity index (χ3v) is 6.48. The number of nitrogens with one attached hydrogen (secondary N) is 2. The average Bonchev–Trinajstić information content (AvgIpc) is 2.88. The molecule has 9 heteroatoms. The van der Waals surface area contributed by atoms with E-state index in [4.69, 9.17) is 28.9 Å². The fraction of sp³-hybridized carbons (Fsp3) is 0. The maximum atomic E-state index is 12.8. The van der Waals surface area contributed by atoms with Crippen molar-refractivity contribution in [2.24, 2.45) is 0 Å². The molecule has 6 aromatic rings. The van der Waals surface area contributed by atoms with E-state index >= 15 is 0 Å². The van der Waals surface area contributed by atoms with Crippen LogP contribution in [0, 0.1) is 0 Å². The van der Waals surface area contributed by atoms with Crippen LogP contribution in [0.5, 0.6) is 0 Å². The van der Waals surface area contributed by atoms with Gasteiger partial charge in [-0.25, -0.2) is 4.98 Å². The number of anilines is 3. The first-order valence-electron chi connectivity index (χ1n) is 11.3. The van der Waals surface area contributed by atoms with Gasteiger partial charge in [0.05, 0.1) is 16.6 Å². The molecule has 0 fully saturated rings. The SMILES string of the molecule is Nc1nc2nc(-c3cccc(Nc4ccnc5cc(Cl)ccc45)c3)cc(-c3ccc(Cl)cc3)c2c(=O)[nH]1. The van der Waals surface area contributed by atoms with Gasteiger partial charge in [0.25, 0.3) is 5.56 Å². The zero-order valence-corrected chi connectivity index (χ0v) is 20.7. The van der Waals surface area contributed by atoms with Crippen molar-refractivity contribution in [1.82, 2.24) is 19.9 Å². The molecule has 0 spiro atoms. The van der Waals surface area contributed by atoms with E-state index in [1.54, 1.807) is 18.3 Å². The van der Waals surface area contributed by atoms with E-state index in [0.717, 1.165) is 33.4 Å². The summed E-state index contributed by atoms with van der Waals surface area (Å²) in [7, 11) is 0. The molecule has 0 saturated carbocycles. The highest BCUT2D eigenvalue weighted by molar-refractivity contribution is 6.31. The second-order valence-electron chi connectivity index (χ2n) is 8.44. The molecular formula is C28H18Cl2N6O. The minimum Gasteiger partial charge on any atom is -0.369 e. The predicted molar refractivity (Wildman–Crippen MR) is 150 cm³/mol. The number of rotatable bonds is 4. The molecule has 0 saturated heterocycles. The molecule has 3 aromatic carbocycles. The lowest BCUT2D eigenvalue weighted by molar-refractivity contribution is 1.16. The van der Waals surface area contributed by atoms with Gasteiger partial charge in [0.2, 0.25) is 5.95 Å². The molecule has 0 radical (unpaired) electrons. The number of hydrogen-bond acceptors (Lipinski definition) is 6. The minimum atomic E-state index is -0.355. The van der Waals surface area contributed by atoms with Gasteiger partial charge in [0.15, 0.2) is 5.65 Å². The van der Waals surface area contributed by atoms with Gasteiger partial charge >= 0.3 is 0 Å². The Labute approximate surface area is 221 Å². The molecule has 6 rings (SSSR count). The third kappa shape index (κ3) is 4.46. The largest absolute Gasteiger partial charge is 0.369 e. The number of pyridine rings is 2. The van der Waals surface area contributed by atoms with Gasteiger partial charge in [-0.3, -0.25) is 14.8 Å². The van der Waals surface area contributed by atoms with Gasteiger partial charge in [-0.2, -0.15) is 4.98 Å². The lowest BCUT2D eigenvalue weighted by Crippen LogP contribution is -2.13. The number of nitrogens with two attached hydrogens (primary N) is 1. The molecule has 7 nitrogen and oxygen atoms in total. The van der Waals surface area contributed by atoms with E-state index in [9.17, 15) is 4.79 Å². The molecule has 4 N–H and O–H groups in total. The molecule has 0 unspecified atom stereocenters. The highest BCUT2D eigenvalue weighted by Crippen LogP contribution is 2.33. The van der Waals surface area contributed by atoms with E-state index in [0.29, 0.717) is 26.7 Å². The maximum Gasteiger partial charge on any atom is 0.262 e. The topological polar surface area (TPSA) is 110 Å². The van der Waals surface area contributed by atoms with Crippen LogP contribution < -0.4 is 16.6 Å². The number of fused-ring (bicyclic) bond motifs is 2. The van der Waals surface area contributed by atoms with Crippen LogP contribution in [0.2, 0.25) is 10.0 Å². The normalized spacial score (nSPS) is 11.2. The Morgan fingerprint density at radius 2 is 1.65 bits per heavy atom. The van der Waals surface area contributed by atoms with Crippen molar-refractivity contribution in [2.75, 3.05) is 11.1 Å². The number of aromatic nitrogens is 4. The van der Waals surface area contributed by atoms with E-state index < -0.39 is 0 Å². The average molecular weight is 525 g/mol. The summed E-state index contributed by atoms with van der Waals surface area (Å²) in [4.78, 5) is 28.8. The van der Waals surface area contributed by atoms with Crippen molar-refractivity contribution >= 4 is 62.5 Å². The molecule has 0 aliphatic rings. The van der Waals surface area contributed by atoms with Crippen LogP contribution in [0.25, 0.3) is 44.3 Å². The summed E-state index contributed by atoms with van der Waals surface area (Å²) >= 11 is 12.2. The van der Waals surface area contributed by atoms with E-state index in [1.807, 2.05) is 66.7 Å². The summed E-state index contributed by atoms with van der Waals surface area (Å²) in [6.07, 6.45) is 1.74. The molecule has 3 heterocycles. The van der Waals surface area contributed by atoms with Crippen LogP contribution in [-0.2, 0) is 0 Å². The van der Waals surface area contributed by atoms with Crippen LogP contribution in [0.15, 0.2) is 89.9 Å². The van der Waals surface area contributed by atoms with Gasteiger partial charge in [0, 0.05) is 44.1 Å². The highest BCUT2D eigenvalue weighted by Gasteiger charge is 2.15. The molecule has 37 heavy (non-hydrogen) atoms. The fourth-order valence-corrected chi connectivity index (χ4v) is 4.60. The zero-order valence-electron chi connectivity index (χ0n) is 19.2. The Balaban J connectivity index is 1.47. The Morgan fingerprint density at radius 3 is 2.49 bits per heavy atom. The molecule has 3 aromatic heterocycles. The summed E-state index contributed by atoms with van der Waals surface area (Å²) in [5.41, 5.74) is 11.3. The monoisotopic (exact) mass is 524 g/mol. The molecule has 0 aliphatic carbocycles. The predicted octanol–water partition coefficient (Wildman–Crippen LogP) is 6.83. The number of H-pyrrole nitrogens is 1. The summed E-state index contributed by atoms with van der Waals surface area (Å²) in [5, 5.41) is 6.01. The molecule has 0 bridgehead atoms. The van der Waals surface area contributed by atoms with Crippen molar-refractivity contribution in [3.8, 4) is 22.4 Å². The quantitative estimate of drug-likeness (QED) is 0.233. The lowest BCUT2D eigenvalue weighted by Gasteiger charge is -2.13. The third-order valence-electron chi connectivity index (χ3n) is 5.99. The van der Waals surface area contributed by atoms with Gasteiger partial charge in [-0.1, -0.05) is 47.5 Å². The van der Waals surface area contributed by atoms with Crippen LogP contribution in [0.1, 0.15) is 0 Å². The first kappa shape index (κ1) is 23.0. The van der Waals surface area contributed by atoms with Crippen LogP contribution in [-0.4, -0.2) is 19.9 Å². The summed E-state index contributed by atoms with van der Waals surface area (Å²) in [6.45, 7) is 0. The fourth-order valence-electron chi connectivity index (χ4n) is 4.30. The van der Waals surface area contributed by atoms with Crippen molar-refractivity contribution in [2.45, 2.75) is 0 Å². The summed E-state index contributed by atoms with van der Waals surface area (Å²) in [5.74, 6) is 0.00397. The van der Waals surface area contributed by atoms with Crippen molar-refractivity contribution in [1.29, 1.82) is 0 Å². The smallest absolute Gasteiger partial charge is 0.262 e. The zero-order chi connectivity index (χ0) is 25.5. The van der Waals surface area contributed by atoms with E-state index in [2.05, 4.69) is 25.3 Å². The first-order chi connectivity index (χ1) is 17.9. The maximum absolute atomic E-state index is 12.8. The second-order valence-corrected chi connectivity index (χ2v) is 9.31. The number of nitrogen functional groups attached to an aromatic ring is 1. The van der Waals surface area contributed by atoms with E-state index in [-0.39, 0.29) is 17.2 Å². The van der Waals surface area contributed by atoms with Crippen LogP contribution in [0.4, 0.5) is 17.3 Å². The Bertz CT molecular complexity index is 1870.